The fourth-order valence-corrected chi connectivity index (χ4v) is 5.36. The summed E-state index contributed by atoms with van der Waals surface area (Å²) in [6, 6.07) is 0. The number of nitrogens with zero attached hydrogens (tertiary/aromatic N) is 1. The van der Waals surface area contributed by atoms with E-state index in [0.717, 1.165) is 12.8 Å². The molecule has 5 heteroatoms. The summed E-state index contributed by atoms with van der Waals surface area (Å²) in [7, 11) is 0. The average Bonchev–Trinajstić information content (AvgIpc) is 3.03. The largest absolute Gasteiger partial charge is 0.450 e. The third kappa shape index (κ3) is 8.72. The van der Waals surface area contributed by atoms with Crippen molar-refractivity contribution >= 4 is 6.09 Å². The molecular weight excluding hydrogens is 414 g/mol. The van der Waals surface area contributed by atoms with Gasteiger partial charge >= 0.3 is 6.09 Å². The molecule has 1 aliphatic rings. The second-order valence-electron chi connectivity index (χ2n) is 11.5. The molecule has 1 fully saturated rings. The summed E-state index contributed by atoms with van der Waals surface area (Å²) in [6.07, 6.45) is 16.5. The van der Waals surface area contributed by atoms with Gasteiger partial charge in [0.25, 0.3) is 0 Å². The van der Waals surface area contributed by atoms with Gasteiger partial charge in [0.15, 0.2) is 0 Å². The fourth-order valence-electron chi connectivity index (χ4n) is 5.36. The van der Waals surface area contributed by atoms with Crippen LogP contribution in [0.25, 0.3) is 0 Å². The van der Waals surface area contributed by atoms with Gasteiger partial charge in [-0.05, 0) is 32.6 Å². The lowest BCUT2D eigenvalue weighted by molar-refractivity contribution is -0.0984. The highest BCUT2D eigenvalue weighted by molar-refractivity contribution is 5.70. The van der Waals surface area contributed by atoms with E-state index in [1.807, 2.05) is 20.8 Å². The van der Waals surface area contributed by atoms with Crippen LogP contribution in [0.3, 0.4) is 0 Å². The van der Waals surface area contributed by atoms with Gasteiger partial charge in [0.1, 0.15) is 11.3 Å². The minimum Gasteiger partial charge on any atom is -0.450 e. The molecule has 1 amide bonds. The lowest BCUT2D eigenvalue weighted by Crippen LogP contribution is -2.67. The van der Waals surface area contributed by atoms with Crippen LogP contribution in [-0.2, 0) is 9.47 Å². The molecule has 1 aliphatic heterocycles. The maximum Gasteiger partial charge on any atom is 0.412 e. The van der Waals surface area contributed by atoms with E-state index in [4.69, 9.17) is 9.47 Å². The van der Waals surface area contributed by atoms with E-state index in [1.165, 1.54) is 70.6 Å². The van der Waals surface area contributed by atoms with Crippen LogP contribution in [0.1, 0.15) is 138 Å². The Morgan fingerprint density at radius 1 is 0.909 bits per heavy atom. The molecule has 1 saturated heterocycles. The van der Waals surface area contributed by atoms with Crippen molar-refractivity contribution in [1.29, 1.82) is 0 Å². The molecule has 0 aromatic carbocycles. The van der Waals surface area contributed by atoms with Crippen LogP contribution in [0.5, 0.6) is 0 Å². The van der Waals surface area contributed by atoms with Crippen molar-refractivity contribution in [1.82, 2.24) is 4.90 Å². The predicted molar refractivity (Wildman–Crippen MR) is 137 cm³/mol. The van der Waals surface area contributed by atoms with E-state index in [1.54, 1.807) is 4.90 Å². The Bertz CT molecular complexity index is 543. The molecule has 5 nitrogen and oxygen atoms in total. The first kappa shape index (κ1) is 30.2. The van der Waals surface area contributed by atoms with Crippen molar-refractivity contribution in [3.05, 3.63) is 0 Å². The standard InChI is InChI=1S/C28H55NO4/c1-8-10-11-12-13-14-15-16-17-18-19-20-21-22-24(30)28(26(3,4)5)23-33-27(6,7)29(28)25(31)32-9-2/h24,30H,8-23H2,1-7H3/t24-,28+/m1/s1. The van der Waals surface area contributed by atoms with Gasteiger partial charge in [-0.15, -0.1) is 0 Å². The van der Waals surface area contributed by atoms with E-state index in [-0.39, 0.29) is 5.41 Å². The number of aliphatic hydroxyl groups excluding tert-OH is 1. The summed E-state index contributed by atoms with van der Waals surface area (Å²) in [5.41, 5.74) is -1.97. The van der Waals surface area contributed by atoms with E-state index >= 15 is 0 Å². The normalized spacial score (nSPS) is 21.4. The van der Waals surface area contributed by atoms with Crippen LogP contribution >= 0.6 is 0 Å². The van der Waals surface area contributed by atoms with Gasteiger partial charge < -0.3 is 14.6 Å². The summed E-state index contributed by atoms with van der Waals surface area (Å²) in [4.78, 5) is 14.6. The number of carbonyl (C=O) groups is 1. The molecule has 2 atom stereocenters. The van der Waals surface area contributed by atoms with E-state index in [0.29, 0.717) is 19.6 Å². The second-order valence-corrected chi connectivity index (χ2v) is 11.5. The first-order chi connectivity index (χ1) is 15.5. The highest BCUT2D eigenvalue weighted by Gasteiger charge is 2.63. The SMILES string of the molecule is CCCCCCCCCCCCCCC[C@@H](O)[C@]1(C(C)(C)C)COC(C)(C)N1C(=O)OCC. The lowest BCUT2D eigenvalue weighted by Gasteiger charge is -2.51. The molecular formula is C28H55NO4. The number of amides is 1. The summed E-state index contributed by atoms with van der Waals surface area (Å²) in [5.74, 6) is 0. The van der Waals surface area contributed by atoms with Gasteiger partial charge in [-0.25, -0.2) is 4.79 Å². The maximum atomic E-state index is 12.9. The zero-order chi connectivity index (χ0) is 25.0. The van der Waals surface area contributed by atoms with Crippen molar-refractivity contribution in [3.8, 4) is 0 Å². The van der Waals surface area contributed by atoms with Crippen molar-refractivity contribution in [2.45, 2.75) is 156 Å². The number of carbonyl (C=O) groups excluding carboxylic acids is 1. The third-order valence-electron chi connectivity index (χ3n) is 7.46. The second kappa shape index (κ2) is 14.6. The zero-order valence-electron chi connectivity index (χ0n) is 23.0. The summed E-state index contributed by atoms with van der Waals surface area (Å²) in [5, 5.41) is 11.4. The van der Waals surface area contributed by atoms with Crippen molar-refractivity contribution < 1.29 is 19.4 Å². The maximum absolute atomic E-state index is 12.9. The zero-order valence-corrected chi connectivity index (χ0v) is 23.0. The summed E-state index contributed by atoms with van der Waals surface area (Å²) in [6.45, 7) is 14.7. The number of rotatable bonds is 16. The molecule has 1 N–H and O–H groups in total. The predicted octanol–water partition coefficient (Wildman–Crippen LogP) is 7.84. The molecule has 33 heavy (non-hydrogen) atoms. The van der Waals surface area contributed by atoms with Crippen molar-refractivity contribution in [3.63, 3.8) is 0 Å². The highest BCUT2D eigenvalue weighted by Crippen LogP contribution is 2.49. The quantitative estimate of drug-likeness (QED) is 0.234. The van der Waals surface area contributed by atoms with E-state index in [9.17, 15) is 9.90 Å². The van der Waals surface area contributed by atoms with Gasteiger partial charge in [0.2, 0.25) is 0 Å². The number of hydrogen-bond acceptors (Lipinski definition) is 4. The Kier molecular flexibility index (Phi) is 13.3. The molecule has 0 spiro atoms. The van der Waals surface area contributed by atoms with Gasteiger partial charge in [0.05, 0.1) is 19.3 Å². The molecule has 0 radical (unpaired) electrons. The highest BCUT2D eigenvalue weighted by atomic mass is 16.6. The van der Waals surface area contributed by atoms with Crippen LogP contribution in [0.15, 0.2) is 0 Å². The van der Waals surface area contributed by atoms with Crippen molar-refractivity contribution in [2.75, 3.05) is 13.2 Å². The molecule has 0 unspecified atom stereocenters. The summed E-state index contributed by atoms with van der Waals surface area (Å²) < 4.78 is 11.4. The van der Waals surface area contributed by atoms with Crippen LogP contribution in [0.4, 0.5) is 4.79 Å². The fraction of sp³-hybridized carbons (Fsp3) is 0.964. The smallest absolute Gasteiger partial charge is 0.412 e. The Morgan fingerprint density at radius 3 is 1.79 bits per heavy atom. The van der Waals surface area contributed by atoms with Gasteiger partial charge in [-0.2, -0.15) is 0 Å². The molecule has 196 valence electrons. The minimum atomic E-state index is -0.809. The topological polar surface area (TPSA) is 59.0 Å². The first-order valence-electron chi connectivity index (χ1n) is 13.8. The molecule has 1 rings (SSSR count). The van der Waals surface area contributed by atoms with Gasteiger partial charge in [0, 0.05) is 0 Å². The minimum absolute atomic E-state index is 0.306. The van der Waals surface area contributed by atoms with Crippen LogP contribution in [0, 0.1) is 5.41 Å². The Balaban J connectivity index is 2.44. The molecule has 1 heterocycles. The Labute approximate surface area is 205 Å². The number of aliphatic hydroxyl groups is 1. The lowest BCUT2D eigenvalue weighted by atomic mass is 9.68. The molecule has 0 aliphatic carbocycles. The average molecular weight is 470 g/mol. The molecule has 0 aromatic rings. The number of unbranched alkanes of at least 4 members (excludes halogenated alkanes) is 12. The Morgan fingerprint density at radius 2 is 1.36 bits per heavy atom. The summed E-state index contributed by atoms with van der Waals surface area (Å²) >= 11 is 0. The van der Waals surface area contributed by atoms with Crippen molar-refractivity contribution in [2.24, 2.45) is 5.41 Å². The molecule has 0 bridgehead atoms. The monoisotopic (exact) mass is 469 g/mol. The molecule has 0 aromatic heterocycles. The van der Waals surface area contributed by atoms with Crippen LogP contribution in [0.2, 0.25) is 0 Å². The third-order valence-corrected chi connectivity index (χ3v) is 7.46. The first-order valence-corrected chi connectivity index (χ1v) is 13.8. The van der Waals surface area contributed by atoms with E-state index < -0.39 is 23.5 Å². The number of hydrogen-bond donors (Lipinski definition) is 1. The van der Waals surface area contributed by atoms with Crippen LogP contribution < -0.4 is 0 Å². The van der Waals surface area contributed by atoms with Gasteiger partial charge in [-0.1, -0.05) is 111 Å². The van der Waals surface area contributed by atoms with Crippen LogP contribution in [-0.4, -0.2) is 46.7 Å². The number of ether oxygens (including phenoxy) is 2. The van der Waals surface area contributed by atoms with Gasteiger partial charge in [-0.3, -0.25) is 4.90 Å². The molecule has 0 saturated carbocycles. The van der Waals surface area contributed by atoms with E-state index in [2.05, 4.69) is 27.7 Å². The Hall–Kier alpha value is -0.810.